The van der Waals surface area contributed by atoms with Crippen molar-refractivity contribution in [3.05, 3.63) is 0 Å². The van der Waals surface area contributed by atoms with E-state index in [2.05, 4.69) is 10.0 Å². The van der Waals surface area contributed by atoms with E-state index in [-0.39, 0.29) is 23.7 Å². The monoisotopic (exact) mass is 453 g/mol. The van der Waals surface area contributed by atoms with E-state index in [1.165, 1.54) is 0 Å². The highest BCUT2D eigenvalue weighted by Crippen LogP contribution is 2.48. The lowest BCUT2D eigenvalue weighted by Gasteiger charge is -2.29. The van der Waals surface area contributed by atoms with Crippen LogP contribution < -0.4 is 10.0 Å². The van der Waals surface area contributed by atoms with Gasteiger partial charge in [-0.25, -0.2) is 8.42 Å². The van der Waals surface area contributed by atoms with Gasteiger partial charge in [-0.05, 0) is 50.9 Å². The molecular formula is C22H35N3O5S. The number of carbonyl (C=O) groups excluding carboxylic acids is 3. The van der Waals surface area contributed by atoms with Crippen LogP contribution in [0.5, 0.6) is 0 Å². The van der Waals surface area contributed by atoms with Crippen LogP contribution in [0.2, 0.25) is 0 Å². The van der Waals surface area contributed by atoms with E-state index in [4.69, 9.17) is 0 Å². The molecule has 174 valence electrons. The fourth-order valence-electron chi connectivity index (χ4n) is 5.23. The molecule has 2 N–H and O–H groups in total. The molecule has 4 fully saturated rings. The second-order valence-corrected chi connectivity index (χ2v) is 11.9. The number of nitrogens with zero attached hydrogens (tertiary/aromatic N) is 1. The second kappa shape index (κ2) is 8.71. The topological polar surface area (TPSA) is 113 Å². The Hall–Kier alpha value is -1.64. The standard InChI is InChI=1S/C22H35N3O5S/c1-15-8-5-3-2-4-6-9-16-14-22(16,21(28)24-31(29,30)17-11-12-17)23-19(26)18-10-7-13-25(18)20(15)27/h15-18H,2-14H2,1H3,(H,23,26)(H,24,28)/t15-,16+,18-,22+/m0/s1. The molecule has 0 aromatic rings. The first kappa shape index (κ1) is 22.6. The molecule has 0 aromatic heterocycles. The summed E-state index contributed by atoms with van der Waals surface area (Å²) in [5.41, 5.74) is -1.16. The zero-order valence-electron chi connectivity index (χ0n) is 18.4. The summed E-state index contributed by atoms with van der Waals surface area (Å²) < 4.78 is 27.0. The Balaban J connectivity index is 1.53. The van der Waals surface area contributed by atoms with Crippen molar-refractivity contribution in [3.63, 3.8) is 0 Å². The number of sulfonamides is 1. The van der Waals surface area contributed by atoms with Crippen LogP contribution in [0.1, 0.15) is 84.0 Å². The number of hydrogen-bond donors (Lipinski definition) is 2. The molecule has 2 aliphatic carbocycles. The average molecular weight is 454 g/mol. The number of rotatable bonds is 3. The maximum atomic E-state index is 13.2. The molecule has 0 unspecified atom stereocenters. The van der Waals surface area contributed by atoms with Gasteiger partial charge < -0.3 is 10.2 Å². The van der Waals surface area contributed by atoms with E-state index in [9.17, 15) is 22.8 Å². The molecule has 4 aliphatic rings. The van der Waals surface area contributed by atoms with Crippen LogP contribution in [-0.2, 0) is 24.4 Å². The Morgan fingerprint density at radius 1 is 1.00 bits per heavy atom. The van der Waals surface area contributed by atoms with Gasteiger partial charge in [0, 0.05) is 12.5 Å². The molecule has 2 saturated heterocycles. The van der Waals surface area contributed by atoms with Crippen LogP contribution in [0.4, 0.5) is 0 Å². The molecule has 4 atom stereocenters. The largest absolute Gasteiger partial charge is 0.340 e. The summed E-state index contributed by atoms with van der Waals surface area (Å²) in [5.74, 6) is -1.09. The Bertz CT molecular complexity index is 840. The first-order valence-electron chi connectivity index (χ1n) is 11.9. The van der Waals surface area contributed by atoms with Crippen LogP contribution in [0.25, 0.3) is 0 Å². The number of fused-ring (bicyclic) bond motifs is 2. The summed E-state index contributed by atoms with van der Waals surface area (Å²) in [6.07, 6.45) is 9.73. The molecule has 4 rings (SSSR count). The minimum atomic E-state index is -3.68. The first-order valence-corrected chi connectivity index (χ1v) is 13.5. The van der Waals surface area contributed by atoms with E-state index >= 15 is 0 Å². The quantitative estimate of drug-likeness (QED) is 0.677. The minimum Gasteiger partial charge on any atom is -0.340 e. The predicted molar refractivity (Wildman–Crippen MR) is 115 cm³/mol. The molecule has 2 aliphatic heterocycles. The molecule has 8 nitrogen and oxygen atoms in total. The number of amides is 3. The third-order valence-corrected chi connectivity index (χ3v) is 9.32. The lowest BCUT2D eigenvalue weighted by molar-refractivity contribution is -0.142. The Morgan fingerprint density at radius 2 is 1.68 bits per heavy atom. The highest BCUT2D eigenvalue weighted by molar-refractivity contribution is 7.91. The van der Waals surface area contributed by atoms with E-state index < -0.39 is 32.8 Å². The minimum absolute atomic E-state index is 0.00896. The van der Waals surface area contributed by atoms with E-state index in [1.807, 2.05) is 6.92 Å². The van der Waals surface area contributed by atoms with Gasteiger partial charge in [-0.1, -0.05) is 39.0 Å². The highest BCUT2D eigenvalue weighted by atomic mass is 32.2. The Labute approximate surface area is 184 Å². The fraction of sp³-hybridized carbons (Fsp3) is 0.864. The molecular weight excluding hydrogens is 418 g/mol. The molecule has 2 saturated carbocycles. The van der Waals surface area contributed by atoms with Crippen molar-refractivity contribution in [2.45, 2.75) is 101 Å². The van der Waals surface area contributed by atoms with Gasteiger partial charge in [0.15, 0.2) is 0 Å². The van der Waals surface area contributed by atoms with Crippen LogP contribution in [0.3, 0.4) is 0 Å². The number of carbonyl (C=O) groups is 3. The fourth-order valence-corrected chi connectivity index (χ4v) is 6.60. The number of nitrogens with one attached hydrogen (secondary N) is 2. The average Bonchev–Trinajstić information content (AvgIpc) is 3.63. The van der Waals surface area contributed by atoms with Gasteiger partial charge in [-0.2, -0.15) is 0 Å². The van der Waals surface area contributed by atoms with Gasteiger partial charge in [0.2, 0.25) is 21.8 Å². The van der Waals surface area contributed by atoms with Gasteiger partial charge in [0.1, 0.15) is 11.6 Å². The Morgan fingerprint density at radius 3 is 2.39 bits per heavy atom. The van der Waals surface area contributed by atoms with Crippen LogP contribution in [0, 0.1) is 11.8 Å². The molecule has 0 spiro atoms. The van der Waals surface area contributed by atoms with Crippen LogP contribution >= 0.6 is 0 Å². The lowest BCUT2D eigenvalue weighted by Crippen LogP contribution is -2.57. The maximum Gasteiger partial charge on any atom is 0.259 e. The predicted octanol–water partition coefficient (Wildman–Crippen LogP) is 1.84. The van der Waals surface area contributed by atoms with E-state index in [0.717, 1.165) is 51.4 Å². The Kier molecular flexibility index (Phi) is 6.34. The molecule has 2 heterocycles. The van der Waals surface area contributed by atoms with Gasteiger partial charge >= 0.3 is 0 Å². The summed E-state index contributed by atoms with van der Waals surface area (Å²) >= 11 is 0. The van der Waals surface area contributed by atoms with Crippen molar-refractivity contribution >= 4 is 27.7 Å². The molecule has 0 aromatic carbocycles. The van der Waals surface area contributed by atoms with Crippen molar-refractivity contribution in [2.75, 3.05) is 6.54 Å². The normalized spacial score (nSPS) is 35.3. The van der Waals surface area contributed by atoms with E-state index in [1.54, 1.807) is 4.90 Å². The van der Waals surface area contributed by atoms with Gasteiger partial charge in [0.05, 0.1) is 5.25 Å². The van der Waals surface area contributed by atoms with Crippen LogP contribution in [-0.4, -0.2) is 54.4 Å². The smallest absolute Gasteiger partial charge is 0.259 e. The summed E-state index contributed by atoms with van der Waals surface area (Å²) in [6.45, 7) is 2.49. The van der Waals surface area contributed by atoms with Crippen molar-refractivity contribution in [1.82, 2.24) is 14.9 Å². The molecule has 0 radical (unpaired) electrons. The third-order valence-electron chi connectivity index (χ3n) is 7.50. The summed E-state index contributed by atoms with van der Waals surface area (Å²) in [7, 11) is -3.68. The molecule has 9 heteroatoms. The first-order chi connectivity index (χ1) is 14.7. The second-order valence-electron chi connectivity index (χ2n) is 9.97. The van der Waals surface area contributed by atoms with Crippen molar-refractivity contribution in [1.29, 1.82) is 0 Å². The van der Waals surface area contributed by atoms with E-state index in [0.29, 0.717) is 32.2 Å². The SMILES string of the molecule is C[C@H]1CCCCCCC[C@@H]2C[C@@]2(C(=O)NS(=O)(=O)C2CC2)NC(=O)[C@@H]2CCCN2C1=O. The number of hydrogen-bond acceptors (Lipinski definition) is 5. The zero-order valence-corrected chi connectivity index (χ0v) is 19.2. The molecule has 31 heavy (non-hydrogen) atoms. The molecule has 0 bridgehead atoms. The van der Waals surface area contributed by atoms with Gasteiger partial charge in [-0.15, -0.1) is 0 Å². The van der Waals surface area contributed by atoms with Gasteiger partial charge in [0.25, 0.3) is 5.91 Å². The summed E-state index contributed by atoms with van der Waals surface area (Å²) in [6, 6.07) is -0.578. The van der Waals surface area contributed by atoms with Crippen molar-refractivity contribution < 1.29 is 22.8 Å². The lowest BCUT2D eigenvalue weighted by atomic mass is 10.00. The summed E-state index contributed by atoms with van der Waals surface area (Å²) in [4.78, 5) is 40.9. The van der Waals surface area contributed by atoms with Crippen molar-refractivity contribution in [3.8, 4) is 0 Å². The molecule has 3 amide bonds. The van der Waals surface area contributed by atoms with Crippen LogP contribution in [0.15, 0.2) is 0 Å². The maximum absolute atomic E-state index is 13.2. The van der Waals surface area contributed by atoms with Crippen molar-refractivity contribution in [2.24, 2.45) is 11.8 Å². The summed E-state index contributed by atoms with van der Waals surface area (Å²) in [5, 5.41) is 2.42. The van der Waals surface area contributed by atoms with Gasteiger partial charge in [-0.3, -0.25) is 19.1 Å². The zero-order chi connectivity index (χ0) is 22.2. The third kappa shape index (κ3) is 4.76. The highest BCUT2D eigenvalue weighted by Gasteiger charge is 2.62.